The highest BCUT2D eigenvalue weighted by molar-refractivity contribution is 7.99. The van der Waals surface area contributed by atoms with Crippen LogP contribution >= 0.6 is 11.8 Å². The van der Waals surface area contributed by atoms with Gasteiger partial charge in [0.25, 0.3) is 0 Å². The van der Waals surface area contributed by atoms with Crippen LogP contribution in [0.15, 0.2) is 24.3 Å². The molecule has 0 bridgehead atoms. The number of para-hydroxylation sites is 1. The van der Waals surface area contributed by atoms with Crippen molar-refractivity contribution in [3.63, 3.8) is 0 Å². The molecule has 3 N–H and O–H groups in total. The minimum absolute atomic E-state index is 0.0397. The van der Waals surface area contributed by atoms with Gasteiger partial charge in [-0.3, -0.25) is 4.79 Å². The van der Waals surface area contributed by atoms with E-state index in [-0.39, 0.29) is 23.4 Å². The molecule has 1 aliphatic rings. The van der Waals surface area contributed by atoms with Gasteiger partial charge in [-0.15, -0.1) is 0 Å². The summed E-state index contributed by atoms with van der Waals surface area (Å²) in [6.45, 7) is 1.90. The Labute approximate surface area is 123 Å². The molecular weight excluding hydrogens is 274 g/mol. The molecule has 3 unspecified atom stereocenters. The van der Waals surface area contributed by atoms with E-state index in [0.717, 1.165) is 17.7 Å². The summed E-state index contributed by atoms with van der Waals surface area (Å²) >= 11 is 1.54. The van der Waals surface area contributed by atoms with Crippen molar-refractivity contribution in [1.29, 1.82) is 0 Å². The van der Waals surface area contributed by atoms with E-state index in [9.17, 15) is 4.79 Å². The summed E-state index contributed by atoms with van der Waals surface area (Å²) in [5.74, 6) is 0.911. The first-order valence-electron chi connectivity index (χ1n) is 6.63. The number of hydrogen-bond donors (Lipinski definition) is 3. The van der Waals surface area contributed by atoms with Gasteiger partial charge in [0.15, 0.2) is 0 Å². The van der Waals surface area contributed by atoms with Gasteiger partial charge in [-0.25, -0.2) is 10.9 Å². The van der Waals surface area contributed by atoms with Crippen molar-refractivity contribution < 1.29 is 9.53 Å². The van der Waals surface area contributed by atoms with Crippen LogP contribution in [0.2, 0.25) is 0 Å². The van der Waals surface area contributed by atoms with Crippen LogP contribution in [-0.4, -0.2) is 30.7 Å². The van der Waals surface area contributed by atoms with Gasteiger partial charge in [-0.1, -0.05) is 18.2 Å². The fourth-order valence-electron chi connectivity index (χ4n) is 2.20. The quantitative estimate of drug-likeness (QED) is 0.767. The van der Waals surface area contributed by atoms with Crippen LogP contribution in [0.1, 0.15) is 24.9 Å². The first-order chi connectivity index (χ1) is 9.65. The van der Waals surface area contributed by atoms with Crippen molar-refractivity contribution in [3.8, 4) is 5.75 Å². The third kappa shape index (κ3) is 3.45. The van der Waals surface area contributed by atoms with Gasteiger partial charge in [-0.2, -0.15) is 11.8 Å². The van der Waals surface area contributed by atoms with Crippen LogP contribution in [0.5, 0.6) is 5.75 Å². The monoisotopic (exact) mass is 295 g/mol. The average molecular weight is 295 g/mol. The smallest absolute Gasteiger partial charge is 0.234 e. The minimum Gasteiger partial charge on any atom is -0.496 e. The second-order valence-corrected chi connectivity index (χ2v) is 5.94. The molecule has 0 radical (unpaired) electrons. The maximum absolute atomic E-state index is 11.9. The summed E-state index contributed by atoms with van der Waals surface area (Å²) < 4.78 is 5.37. The molecule has 20 heavy (non-hydrogen) atoms. The molecule has 2 rings (SSSR count). The van der Waals surface area contributed by atoms with Crippen molar-refractivity contribution in [3.05, 3.63) is 29.8 Å². The lowest BCUT2D eigenvalue weighted by Crippen LogP contribution is -2.46. The fraction of sp³-hybridized carbons (Fsp3) is 0.500. The molecular formula is C14H21N3O2S. The van der Waals surface area contributed by atoms with E-state index >= 15 is 0 Å². The fourth-order valence-corrected chi connectivity index (χ4v) is 2.49. The molecule has 1 heterocycles. The molecule has 0 aromatic heterocycles. The number of ether oxygens (including phenoxy) is 1. The molecule has 1 saturated heterocycles. The third-order valence-corrected chi connectivity index (χ3v) is 4.38. The molecule has 5 nitrogen and oxygen atoms in total. The molecule has 0 spiro atoms. The van der Waals surface area contributed by atoms with Gasteiger partial charge >= 0.3 is 0 Å². The maximum Gasteiger partial charge on any atom is 0.234 e. The number of hydrogen-bond acceptors (Lipinski definition) is 5. The molecule has 1 aromatic rings. The Kier molecular flexibility index (Phi) is 5.28. The number of benzene rings is 1. The normalized spacial score (nSPS) is 23.4. The van der Waals surface area contributed by atoms with Crippen molar-refractivity contribution >= 4 is 17.7 Å². The van der Waals surface area contributed by atoms with E-state index in [1.807, 2.05) is 37.4 Å². The van der Waals surface area contributed by atoms with E-state index in [0.29, 0.717) is 0 Å². The number of amides is 1. The molecule has 1 amide bonds. The van der Waals surface area contributed by atoms with E-state index in [2.05, 4.69) is 16.2 Å². The maximum atomic E-state index is 11.9. The molecule has 0 aliphatic carbocycles. The van der Waals surface area contributed by atoms with Gasteiger partial charge in [0.2, 0.25) is 5.91 Å². The zero-order valence-electron chi connectivity index (χ0n) is 12.0. The second kappa shape index (κ2) is 6.97. The molecule has 110 valence electrons. The predicted molar refractivity (Wildman–Crippen MR) is 81.5 cm³/mol. The van der Waals surface area contributed by atoms with Gasteiger partial charge in [-0.05, 0) is 19.2 Å². The zero-order valence-corrected chi connectivity index (χ0v) is 12.8. The topological polar surface area (TPSA) is 62.4 Å². The number of carbonyl (C=O) groups is 1. The highest BCUT2D eigenvalue weighted by Crippen LogP contribution is 2.29. The Morgan fingerprint density at radius 2 is 2.20 bits per heavy atom. The average Bonchev–Trinajstić information content (AvgIpc) is 2.94. The first-order valence-corrected chi connectivity index (χ1v) is 7.91. The molecule has 1 aromatic carbocycles. The Morgan fingerprint density at radius 3 is 2.90 bits per heavy atom. The van der Waals surface area contributed by atoms with Gasteiger partial charge in [0, 0.05) is 12.0 Å². The summed E-state index contributed by atoms with van der Waals surface area (Å²) in [6.07, 6.45) is 2.65. The van der Waals surface area contributed by atoms with Crippen LogP contribution < -0.4 is 20.9 Å². The van der Waals surface area contributed by atoms with Crippen LogP contribution in [0.25, 0.3) is 0 Å². The Hall–Kier alpha value is -1.24. The zero-order chi connectivity index (χ0) is 14.5. The van der Waals surface area contributed by atoms with E-state index in [1.54, 1.807) is 7.11 Å². The second-order valence-electron chi connectivity index (χ2n) is 4.76. The molecule has 1 aliphatic heterocycles. The Balaban J connectivity index is 1.97. The highest BCUT2D eigenvalue weighted by atomic mass is 32.2. The molecule has 6 heteroatoms. The predicted octanol–water partition coefficient (Wildman–Crippen LogP) is 1.43. The SMILES string of the molecule is COc1ccccc1C1CC(NC(=O)C(C)SC)NN1. The number of rotatable bonds is 5. The van der Waals surface area contributed by atoms with Crippen LogP contribution in [0, 0.1) is 0 Å². The van der Waals surface area contributed by atoms with Gasteiger partial charge in [0.05, 0.1) is 24.6 Å². The largest absolute Gasteiger partial charge is 0.496 e. The number of nitrogens with one attached hydrogen (secondary N) is 3. The Morgan fingerprint density at radius 1 is 1.45 bits per heavy atom. The number of thioether (sulfide) groups is 1. The molecule has 3 atom stereocenters. The summed E-state index contributed by atoms with van der Waals surface area (Å²) in [6, 6.07) is 8.04. The molecule has 0 saturated carbocycles. The third-order valence-electron chi connectivity index (χ3n) is 3.46. The van der Waals surface area contributed by atoms with Crippen LogP contribution in [0.4, 0.5) is 0 Å². The van der Waals surface area contributed by atoms with Crippen molar-refractivity contribution in [2.75, 3.05) is 13.4 Å². The minimum atomic E-state index is -0.0630. The number of hydrazine groups is 1. The van der Waals surface area contributed by atoms with Crippen LogP contribution in [0.3, 0.4) is 0 Å². The van der Waals surface area contributed by atoms with Gasteiger partial charge in [0.1, 0.15) is 5.75 Å². The lowest BCUT2D eigenvalue weighted by molar-refractivity contribution is -0.121. The van der Waals surface area contributed by atoms with Crippen molar-refractivity contribution in [2.45, 2.75) is 30.8 Å². The Bertz CT molecular complexity index is 469. The highest BCUT2D eigenvalue weighted by Gasteiger charge is 2.28. The number of methoxy groups -OCH3 is 1. The van der Waals surface area contributed by atoms with Crippen LogP contribution in [-0.2, 0) is 4.79 Å². The van der Waals surface area contributed by atoms with E-state index in [4.69, 9.17) is 4.74 Å². The van der Waals surface area contributed by atoms with Crippen molar-refractivity contribution in [2.24, 2.45) is 0 Å². The van der Waals surface area contributed by atoms with Gasteiger partial charge < -0.3 is 10.1 Å². The summed E-state index contributed by atoms with van der Waals surface area (Å²) in [4.78, 5) is 11.9. The molecule has 1 fully saturated rings. The van der Waals surface area contributed by atoms with E-state index in [1.165, 1.54) is 11.8 Å². The summed E-state index contributed by atoms with van der Waals surface area (Å²) in [5, 5.41) is 2.95. The summed E-state index contributed by atoms with van der Waals surface area (Å²) in [5.41, 5.74) is 7.42. The number of carbonyl (C=O) groups excluding carboxylic acids is 1. The first kappa shape index (κ1) is 15.2. The lowest BCUT2D eigenvalue weighted by Gasteiger charge is -2.15. The van der Waals surface area contributed by atoms with E-state index < -0.39 is 0 Å². The standard InChI is InChI=1S/C14H21N3O2S/c1-9(20-3)14(18)15-13-8-11(16-17-13)10-6-4-5-7-12(10)19-2/h4-7,9,11,13,16-17H,8H2,1-3H3,(H,15,18). The van der Waals surface area contributed by atoms with Crippen molar-refractivity contribution in [1.82, 2.24) is 16.2 Å². The lowest BCUT2D eigenvalue weighted by atomic mass is 10.0. The summed E-state index contributed by atoms with van der Waals surface area (Å²) in [7, 11) is 1.67.